The van der Waals surface area contributed by atoms with Crippen molar-refractivity contribution in [3.05, 3.63) is 29.3 Å². The Morgan fingerprint density at radius 3 is 2.40 bits per heavy atom. The normalized spacial score (nSPS) is 24.2. The molecule has 0 aromatic heterocycles. The van der Waals surface area contributed by atoms with Crippen LogP contribution >= 0.6 is 0 Å². The number of nitrogens with one attached hydrogen (secondary N) is 1. The first-order valence-electron chi connectivity index (χ1n) is 8.04. The summed E-state index contributed by atoms with van der Waals surface area (Å²) in [6, 6.07) is 7.05. The van der Waals surface area contributed by atoms with Crippen LogP contribution in [0.4, 0.5) is 0 Å². The second-order valence-electron chi connectivity index (χ2n) is 6.14. The van der Waals surface area contributed by atoms with Crippen LogP contribution in [0.2, 0.25) is 0 Å². The van der Waals surface area contributed by atoms with E-state index in [-0.39, 0.29) is 0 Å². The molecule has 20 heavy (non-hydrogen) atoms. The quantitative estimate of drug-likeness (QED) is 0.838. The largest absolute Gasteiger partial charge is 0.490 e. The molecule has 2 nitrogen and oxygen atoms in total. The van der Waals surface area contributed by atoms with Crippen LogP contribution in [0.1, 0.15) is 51.2 Å². The Labute approximate surface area is 123 Å². The van der Waals surface area contributed by atoms with Gasteiger partial charge in [-0.05, 0) is 56.5 Å². The van der Waals surface area contributed by atoms with Crippen molar-refractivity contribution in [3.8, 4) is 5.75 Å². The monoisotopic (exact) mass is 275 g/mol. The molecule has 2 rings (SSSR count). The third kappa shape index (κ3) is 2.58. The lowest BCUT2D eigenvalue weighted by Gasteiger charge is -2.55. The van der Waals surface area contributed by atoms with Gasteiger partial charge < -0.3 is 10.1 Å². The average molecular weight is 275 g/mol. The zero-order valence-electron chi connectivity index (χ0n) is 13.6. The minimum absolute atomic E-state index is 0.300. The van der Waals surface area contributed by atoms with E-state index in [9.17, 15) is 0 Å². The van der Waals surface area contributed by atoms with Crippen LogP contribution < -0.4 is 10.1 Å². The molecule has 0 radical (unpaired) electrons. The van der Waals surface area contributed by atoms with Gasteiger partial charge in [-0.25, -0.2) is 0 Å². The number of hydrogen-bond acceptors (Lipinski definition) is 2. The number of ether oxygens (including phenoxy) is 1. The predicted molar refractivity (Wildman–Crippen MR) is 85.4 cm³/mol. The molecule has 0 saturated heterocycles. The standard InChI is InChI=1S/C18H29NO/c1-6-18(7-2)16(19-8-3)12-17(18)20-15-10-9-13(4)14(5)11-15/h9-11,16-17,19H,6-8,12H2,1-5H3. The molecular weight excluding hydrogens is 246 g/mol. The van der Waals surface area contributed by atoms with Crippen molar-refractivity contribution < 1.29 is 4.74 Å². The lowest BCUT2D eigenvalue weighted by Crippen LogP contribution is -2.64. The molecule has 1 saturated carbocycles. The molecule has 1 aromatic rings. The molecule has 2 unspecified atom stereocenters. The highest BCUT2D eigenvalue weighted by Crippen LogP contribution is 2.49. The Morgan fingerprint density at radius 2 is 1.85 bits per heavy atom. The Morgan fingerprint density at radius 1 is 1.15 bits per heavy atom. The highest BCUT2D eigenvalue weighted by atomic mass is 16.5. The fourth-order valence-corrected chi connectivity index (χ4v) is 3.60. The van der Waals surface area contributed by atoms with E-state index in [1.807, 2.05) is 0 Å². The summed E-state index contributed by atoms with van der Waals surface area (Å²) in [7, 11) is 0. The minimum atomic E-state index is 0.300. The van der Waals surface area contributed by atoms with Crippen LogP contribution in [0.3, 0.4) is 0 Å². The second-order valence-corrected chi connectivity index (χ2v) is 6.14. The summed E-state index contributed by atoms with van der Waals surface area (Å²) >= 11 is 0. The molecule has 1 aliphatic rings. The van der Waals surface area contributed by atoms with E-state index in [1.165, 1.54) is 24.0 Å². The molecule has 1 aliphatic carbocycles. The maximum absolute atomic E-state index is 6.32. The molecule has 2 atom stereocenters. The van der Waals surface area contributed by atoms with Gasteiger partial charge in [0.2, 0.25) is 0 Å². The van der Waals surface area contributed by atoms with Crippen molar-refractivity contribution in [2.45, 2.75) is 66.0 Å². The number of benzene rings is 1. The van der Waals surface area contributed by atoms with Gasteiger partial charge in [-0.3, -0.25) is 0 Å². The van der Waals surface area contributed by atoms with Gasteiger partial charge >= 0.3 is 0 Å². The SMILES string of the molecule is CCNC1CC(Oc2ccc(C)c(C)c2)C1(CC)CC. The summed E-state index contributed by atoms with van der Waals surface area (Å²) < 4.78 is 6.32. The Hall–Kier alpha value is -1.02. The fraction of sp³-hybridized carbons (Fsp3) is 0.667. The molecule has 0 heterocycles. The fourth-order valence-electron chi connectivity index (χ4n) is 3.60. The van der Waals surface area contributed by atoms with E-state index in [4.69, 9.17) is 4.74 Å². The average Bonchev–Trinajstić information content (AvgIpc) is 2.43. The van der Waals surface area contributed by atoms with Crippen molar-refractivity contribution in [1.29, 1.82) is 0 Å². The zero-order chi connectivity index (χ0) is 14.8. The van der Waals surface area contributed by atoms with Crippen molar-refractivity contribution in [1.82, 2.24) is 5.32 Å². The van der Waals surface area contributed by atoms with E-state index in [2.05, 4.69) is 58.1 Å². The third-order valence-electron chi connectivity index (χ3n) is 5.31. The highest BCUT2D eigenvalue weighted by Gasteiger charge is 2.53. The van der Waals surface area contributed by atoms with Crippen LogP contribution in [-0.4, -0.2) is 18.7 Å². The van der Waals surface area contributed by atoms with Gasteiger partial charge in [-0.2, -0.15) is 0 Å². The zero-order valence-corrected chi connectivity index (χ0v) is 13.6. The predicted octanol–water partition coefficient (Wildman–Crippen LogP) is 4.24. The number of hydrogen-bond donors (Lipinski definition) is 1. The van der Waals surface area contributed by atoms with Gasteiger partial charge in [0.15, 0.2) is 0 Å². The Bertz CT molecular complexity index is 451. The smallest absolute Gasteiger partial charge is 0.120 e. The number of rotatable bonds is 6. The van der Waals surface area contributed by atoms with Gasteiger partial charge in [-0.1, -0.05) is 26.8 Å². The summed E-state index contributed by atoms with van der Waals surface area (Å²) in [6.45, 7) is 12.1. The van der Waals surface area contributed by atoms with Crippen molar-refractivity contribution in [2.75, 3.05) is 6.54 Å². The molecule has 2 heteroatoms. The summed E-state index contributed by atoms with van der Waals surface area (Å²) in [6.07, 6.45) is 3.83. The molecular formula is C18H29NO. The van der Waals surface area contributed by atoms with E-state index >= 15 is 0 Å². The Balaban J connectivity index is 2.11. The topological polar surface area (TPSA) is 21.3 Å². The molecule has 1 N–H and O–H groups in total. The van der Waals surface area contributed by atoms with Gasteiger partial charge in [0, 0.05) is 17.9 Å². The number of aryl methyl sites for hydroxylation is 2. The van der Waals surface area contributed by atoms with Gasteiger partial charge in [0.25, 0.3) is 0 Å². The molecule has 0 spiro atoms. The molecule has 1 fully saturated rings. The minimum Gasteiger partial charge on any atom is -0.490 e. The second kappa shape index (κ2) is 6.17. The molecule has 112 valence electrons. The molecule has 0 amide bonds. The first kappa shape index (κ1) is 15.4. The van der Waals surface area contributed by atoms with Crippen LogP contribution in [0.5, 0.6) is 5.75 Å². The first-order valence-corrected chi connectivity index (χ1v) is 8.04. The van der Waals surface area contributed by atoms with Crippen LogP contribution in [-0.2, 0) is 0 Å². The maximum atomic E-state index is 6.32. The van der Waals surface area contributed by atoms with E-state index in [0.717, 1.165) is 18.7 Å². The van der Waals surface area contributed by atoms with E-state index < -0.39 is 0 Å². The van der Waals surface area contributed by atoms with Gasteiger partial charge in [0.1, 0.15) is 11.9 Å². The van der Waals surface area contributed by atoms with E-state index in [1.54, 1.807) is 0 Å². The van der Waals surface area contributed by atoms with Crippen LogP contribution in [0.25, 0.3) is 0 Å². The maximum Gasteiger partial charge on any atom is 0.120 e. The van der Waals surface area contributed by atoms with Crippen molar-refractivity contribution >= 4 is 0 Å². The molecule has 1 aromatic carbocycles. The van der Waals surface area contributed by atoms with Crippen molar-refractivity contribution in [2.24, 2.45) is 5.41 Å². The summed E-state index contributed by atoms with van der Waals surface area (Å²) in [5.74, 6) is 1.03. The summed E-state index contributed by atoms with van der Waals surface area (Å²) in [5.41, 5.74) is 2.94. The van der Waals surface area contributed by atoms with Gasteiger partial charge in [-0.15, -0.1) is 0 Å². The van der Waals surface area contributed by atoms with E-state index in [0.29, 0.717) is 17.6 Å². The van der Waals surface area contributed by atoms with Crippen LogP contribution in [0.15, 0.2) is 18.2 Å². The summed E-state index contributed by atoms with van der Waals surface area (Å²) in [4.78, 5) is 0. The van der Waals surface area contributed by atoms with Crippen LogP contribution in [0, 0.1) is 19.3 Å². The summed E-state index contributed by atoms with van der Waals surface area (Å²) in [5, 5.41) is 3.63. The van der Waals surface area contributed by atoms with Crippen molar-refractivity contribution in [3.63, 3.8) is 0 Å². The molecule has 0 aliphatic heterocycles. The molecule has 0 bridgehead atoms. The van der Waals surface area contributed by atoms with Gasteiger partial charge in [0.05, 0.1) is 0 Å². The lowest BCUT2D eigenvalue weighted by molar-refractivity contribution is -0.0854. The third-order valence-corrected chi connectivity index (χ3v) is 5.31. The Kier molecular flexibility index (Phi) is 4.74. The first-order chi connectivity index (χ1) is 9.57. The lowest BCUT2D eigenvalue weighted by atomic mass is 9.58. The highest BCUT2D eigenvalue weighted by molar-refractivity contribution is 5.34.